The minimum atomic E-state index is -0.0973. The van der Waals surface area contributed by atoms with Crippen molar-refractivity contribution in [3.63, 3.8) is 0 Å². The smallest absolute Gasteiger partial charge is 0.253 e. The maximum absolute atomic E-state index is 12.9. The molecule has 0 saturated carbocycles. The topological polar surface area (TPSA) is 66.6 Å². The van der Waals surface area contributed by atoms with E-state index < -0.39 is 0 Å². The Bertz CT molecular complexity index is 1180. The lowest BCUT2D eigenvalue weighted by Crippen LogP contribution is -2.40. The van der Waals surface area contributed by atoms with E-state index in [0.29, 0.717) is 29.5 Å². The second kappa shape index (κ2) is 9.71. The zero-order valence-corrected chi connectivity index (χ0v) is 19.6. The van der Waals surface area contributed by atoms with Crippen LogP contribution in [0.3, 0.4) is 0 Å². The molecule has 1 atom stereocenters. The highest BCUT2D eigenvalue weighted by Crippen LogP contribution is 2.25. The van der Waals surface area contributed by atoms with Gasteiger partial charge in [0.2, 0.25) is 0 Å². The first-order chi connectivity index (χ1) is 15.4. The molecule has 2 aromatic carbocycles. The molecule has 0 bridgehead atoms. The molecule has 1 fully saturated rings. The van der Waals surface area contributed by atoms with Crippen molar-refractivity contribution in [1.82, 2.24) is 9.88 Å². The van der Waals surface area contributed by atoms with Crippen molar-refractivity contribution in [3.05, 3.63) is 69.5 Å². The molecule has 168 valence electrons. The number of nitrogens with one attached hydrogen (secondary N) is 2. The standard InChI is InChI=1S/C25H29N3O3S/c1-16-11-17(2)20-13-18(24(29)26-22(20)12-16)14-28(15-19-7-6-10-31-19)25(32)27-21-8-4-5-9-23(21)30-3/h4-5,8-9,11-13,19H,6-7,10,14-15H2,1-3H3,(H,26,29)(H,27,32)/t19-/m1/s1. The number of aromatic amines is 1. The SMILES string of the molecule is COc1ccccc1NC(=S)N(Cc1cc2c(C)cc(C)cc2[nH]c1=O)C[C@H]1CCCO1. The van der Waals surface area contributed by atoms with Gasteiger partial charge in [-0.05, 0) is 74.3 Å². The molecule has 0 amide bonds. The molecule has 0 spiro atoms. The third-order valence-corrected chi connectivity index (χ3v) is 6.19. The number of hydrogen-bond donors (Lipinski definition) is 2. The minimum absolute atomic E-state index is 0.0938. The van der Waals surface area contributed by atoms with Gasteiger partial charge >= 0.3 is 0 Å². The summed E-state index contributed by atoms with van der Waals surface area (Å²) in [6.07, 6.45) is 2.12. The monoisotopic (exact) mass is 451 g/mol. The van der Waals surface area contributed by atoms with Gasteiger partial charge in [-0.1, -0.05) is 18.2 Å². The lowest BCUT2D eigenvalue weighted by atomic mass is 10.0. The summed E-state index contributed by atoms with van der Waals surface area (Å²) in [6.45, 7) is 5.87. The number of aromatic nitrogens is 1. The number of pyridine rings is 1. The number of anilines is 1. The molecule has 1 saturated heterocycles. The summed E-state index contributed by atoms with van der Waals surface area (Å²) in [4.78, 5) is 18.0. The summed E-state index contributed by atoms with van der Waals surface area (Å²) < 4.78 is 11.3. The number of para-hydroxylation sites is 2. The average molecular weight is 452 g/mol. The van der Waals surface area contributed by atoms with Gasteiger partial charge in [0.1, 0.15) is 5.75 Å². The summed E-state index contributed by atoms with van der Waals surface area (Å²) in [5.74, 6) is 0.710. The quantitative estimate of drug-likeness (QED) is 0.537. The Morgan fingerprint density at radius 1 is 1.28 bits per heavy atom. The highest BCUT2D eigenvalue weighted by Gasteiger charge is 2.23. The van der Waals surface area contributed by atoms with Gasteiger partial charge < -0.3 is 24.7 Å². The number of benzene rings is 2. The van der Waals surface area contributed by atoms with Crippen LogP contribution in [-0.4, -0.2) is 41.4 Å². The molecular formula is C25H29N3O3S. The fourth-order valence-corrected chi connectivity index (χ4v) is 4.48. The van der Waals surface area contributed by atoms with Crippen LogP contribution in [0.25, 0.3) is 10.9 Å². The number of ether oxygens (including phenoxy) is 2. The Hall–Kier alpha value is -2.90. The zero-order chi connectivity index (χ0) is 22.7. The Balaban J connectivity index is 1.64. The van der Waals surface area contributed by atoms with E-state index in [1.54, 1.807) is 7.11 Å². The van der Waals surface area contributed by atoms with Gasteiger partial charge in [0, 0.05) is 29.6 Å². The van der Waals surface area contributed by atoms with Crippen LogP contribution in [0.1, 0.15) is 29.5 Å². The number of aryl methyl sites for hydroxylation is 2. The lowest BCUT2D eigenvalue weighted by Gasteiger charge is -2.28. The van der Waals surface area contributed by atoms with Crippen LogP contribution in [0.15, 0.2) is 47.3 Å². The first-order valence-electron chi connectivity index (χ1n) is 10.9. The average Bonchev–Trinajstić information content (AvgIpc) is 3.27. The highest BCUT2D eigenvalue weighted by molar-refractivity contribution is 7.80. The van der Waals surface area contributed by atoms with Crippen LogP contribution in [0, 0.1) is 13.8 Å². The summed E-state index contributed by atoms with van der Waals surface area (Å²) >= 11 is 5.77. The number of hydrogen-bond acceptors (Lipinski definition) is 4. The van der Waals surface area contributed by atoms with Crippen molar-refractivity contribution in [2.75, 3.05) is 25.6 Å². The van der Waals surface area contributed by atoms with Crippen LogP contribution in [0.2, 0.25) is 0 Å². The van der Waals surface area contributed by atoms with E-state index in [1.807, 2.05) is 48.2 Å². The molecule has 1 aliphatic heterocycles. The normalized spacial score (nSPS) is 15.7. The maximum atomic E-state index is 12.9. The van der Waals surface area contributed by atoms with Crippen molar-refractivity contribution >= 4 is 33.9 Å². The van der Waals surface area contributed by atoms with Gasteiger partial charge in [-0.3, -0.25) is 4.79 Å². The van der Waals surface area contributed by atoms with Crippen molar-refractivity contribution in [1.29, 1.82) is 0 Å². The predicted octanol–water partition coefficient (Wildman–Crippen LogP) is 4.53. The number of methoxy groups -OCH3 is 1. The van der Waals surface area contributed by atoms with E-state index in [-0.39, 0.29) is 11.7 Å². The molecule has 0 unspecified atom stereocenters. The van der Waals surface area contributed by atoms with Gasteiger partial charge in [0.05, 0.1) is 25.4 Å². The van der Waals surface area contributed by atoms with Gasteiger partial charge in [0.25, 0.3) is 5.56 Å². The Labute approximate surface area is 193 Å². The van der Waals surface area contributed by atoms with Crippen LogP contribution < -0.4 is 15.6 Å². The second-order valence-corrected chi connectivity index (χ2v) is 8.70. The van der Waals surface area contributed by atoms with Crippen LogP contribution in [0.4, 0.5) is 5.69 Å². The van der Waals surface area contributed by atoms with E-state index in [4.69, 9.17) is 21.7 Å². The number of thiocarbonyl (C=S) groups is 1. The second-order valence-electron chi connectivity index (χ2n) is 8.31. The number of rotatable bonds is 6. The van der Waals surface area contributed by atoms with Crippen molar-refractivity contribution in [2.24, 2.45) is 0 Å². The lowest BCUT2D eigenvalue weighted by molar-refractivity contribution is 0.0904. The van der Waals surface area contributed by atoms with E-state index in [9.17, 15) is 4.79 Å². The van der Waals surface area contributed by atoms with E-state index >= 15 is 0 Å². The highest BCUT2D eigenvalue weighted by atomic mass is 32.1. The maximum Gasteiger partial charge on any atom is 0.253 e. The van der Waals surface area contributed by atoms with Gasteiger partial charge in [-0.25, -0.2) is 0 Å². The molecule has 1 aliphatic rings. The van der Waals surface area contributed by atoms with E-state index in [1.165, 1.54) is 0 Å². The minimum Gasteiger partial charge on any atom is -0.495 e. The molecule has 32 heavy (non-hydrogen) atoms. The molecule has 2 heterocycles. The van der Waals surface area contributed by atoms with Crippen LogP contribution in [-0.2, 0) is 11.3 Å². The number of H-pyrrole nitrogens is 1. The molecule has 7 heteroatoms. The van der Waals surface area contributed by atoms with Crippen molar-refractivity contribution in [2.45, 2.75) is 39.3 Å². The van der Waals surface area contributed by atoms with Crippen LogP contribution in [0.5, 0.6) is 5.75 Å². The van der Waals surface area contributed by atoms with E-state index in [2.05, 4.69) is 23.3 Å². The number of fused-ring (bicyclic) bond motifs is 1. The molecule has 0 radical (unpaired) electrons. The van der Waals surface area contributed by atoms with Crippen molar-refractivity contribution < 1.29 is 9.47 Å². The predicted molar refractivity (Wildman–Crippen MR) is 133 cm³/mol. The fraction of sp³-hybridized carbons (Fsp3) is 0.360. The first-order valence-corrected chi connectivity index (χ1v) is 11.3. The zero-order valence-electron chi connectivity index (χ0n) is 18.7. The summed E-state index contributed by atoms with van der Waals surface area (Å²) in [5, 5.41) is 4.88. The first kappa shape index (κ1) is 22.3. The van der Waals surface area contributed by atoms with Crippen molar-refractivity contribution in [3.8, 4) is 5.75 Å². The van der Waals surface area contributed by atoms with Gasteiger partial charge in [-0.15, -0.1) is 0 Å². The molecule has 6 nitrogen and oxygen atoms in total. The third kappa shape index (κ3) is 4.95. The number of nitrogens with zero attached hydrogens (tertiary/aromatic N) is 1. The molecule has 0 aliphatic carbocycles. The Morgan fingerprint density at radius 3 is 2.84 bits per heavy atom. The van der Waals surface area contributed by atoms with Crippen LogP contribution >= 0.6 is 12.2 Å². The molecular weight excluding hydrogens is 422 g/mol. The van der Waals surface area contributed by atoms with Gasteiger partial charge in [0.15, 0.2) is 5.11 Å². The summed E-state index contributed by atoms with van der Waals surface area (Å²) in [6, 6.07) is 13.8. The van der Waals surface area contributed by atoms with Gasteiger partial charge in [-0.2, -0.15) is 0 Å². The molecule has 3 aromatic rings. The summed E-state index contributed by atoms with van der Waals surface area (Å²) in [7, 11) is 1.63. The molecule has 1 aromatic heterocycles. The summed E-state index contributed by atoms with van der Waals surface area (Å²) in [5.41, 5.74) is 4.48. The molecule has 4 rings (SSSR count). The Morgan fingerprint density at radius 2 is 2.09 bits per heavy atom. The Kier molecular flexibility index (Phi) is 6.77. The third-order valence-electron chi connectivity index (χ3n) is 5.83. The fourth-order valence-electron chi connectivity index (χ4n) is 4.23. The molecule has 2 N–H and O–H groups in total. The van der Waals surface area contributed by atoms with E-state index in [0.717, 1.165) is 47.2 Å². The largest absolute Gasteiger partial charge is 0.495 e.